The van der Waals surface area contributed by atoms with Crippen LogP contribution in [0.25, 0.3) is 0 Å². The van der Waals surface area contributed by atoms with Crippen molar-refractivity contribution in [1.82, 2.24) is 0 Å². The molecule has 0 spiro atoms. The Balaban J connectivity index is 1.79. The first kappa shape index (κ1) is 14.5. The van der Waals surface area contributed by atoms with Crippen LogP contribution in [0.15, 0.2) is 48.5 Å². The van der Waals surface area contributed by atoms with Gasteiger partial charge < -0.3 is 15.4 Å². The van der Waals surface area contributed by atoms with E-state index in [1.165, 1.54) is 0 Å². The minimum absolute atomic E-state index is 0.668. The van der Waals surface area contributed by atoms with Crippen molar-refractivity contribution in [3.63, 3.8) is 0 Å². The summed E-state index contributed by atoms with van der Waals surface area (Å²) < 4.78 is 5.57. The SMILES string of the molecule is CCOc1ccccc1NCCNc1ccc(Cl)cc1. The number of hydrogen-bond donors (Lipinski definition) is 2. The van der Waals surface area contributed by atoms with E-state index in [1.807, 2.05) is 55.5 Å². The van der Waals surface area contributed by atoms with Gasteiger partial charge in [0.15, 0.2) is 0 Å². The second-order valence-electron chi connectivity index (χ2n) is 4.29. The molecule has 2 rings (SSSR count). The standard InChI is InChI=1S/C16H19ClN2O/c1-2-20-16-6-4-3-5-15(16)19-12-11-18-14-9-7-13(17)8-10-14/h3-10,18-19H,2,11-12H2,1H3. The zero-order valence-electron chi connectivity index (χ0n) is 11.5. The Hall–Kier alpha value is -1.87. The lowest BCUT2D eigenvalue weighted by molar-refractivity contribution is 0.342. The van der Waals surface area contributed by atoms with Crippen molar-refractivity contribution in [3.8, 4) is 5.75 Å². The van der Waals surface area contributed by atoms with E-state index in [0.717, 1.165) is 35.2 Å². The van der Waals surface area contributed by atoms with Crippen LogP contribution in [0.3, 0.4) is 0 Å². The summed E-state index contributed by atoms with van der Waals surface area (Å²) in [4.78, 5) is 0. The van der Waals surface area contributed by atoms with Crippen molar-refractivity contribution in [2.75, 3.05) is 30.3 Å². The van der Waals surface area contributed by atoms with Crippen LogP contribution in [0.4, 0.5) is 11.4 Å². The second kappa shape index (κ2) is 7.65. The molecule has 2 N–H and O–H groups in total. The van der Waals surface area contributed by atoms with Gasteiger partial charge in [-0.15, -0.1) is 0 Å². The van der Waals surface area contributed by atoms with Crippen LogP contribution in [0.5, 0.6) is 5.75 Å². The van der Waals surface area contributed by atoms with E-state index in [-0.39, 0.29) is 0 Å². The molecule has 0 bridgehead atoms. The molecule has 20 heavy (non-hydrogen) atoms. The van der Waals surface area contributed by atoms with Crippen LogP contribution in [0.2, 0.25) is 5.02 Å². The highest BCUT2D eigenvalue weighted by molar-refractivity contribution is 6.30. The van der Waals surface area contributed by atoms with Crippen LogP contribution in [-0.2, 0) is 0 Å². The van der Waals surface area contributed by atoms with Gasteiger partial charge in [0.25, 0.3) is 0 Å². The van der Waals surface area contributed by atoms with Crippen LogP contribution in [-0.4, -0.2) is 19.7 Å². The molecule has 0 amide bonds. The Labute approximate surface area is 124 Å². The Kier molecular flexibility index (Phi) is 5.56. The number of hydrogen-bond acceptors (Lipinski definition) is 3. The molecule has 0 aromatic heterocycles. The predicted molar refractivity (Wildman–Crippen MR) is 86.0 cm³/mol. The molecule has 0 unspecified atom stereocenters. The van der Waals surface area contributed by atoms with Gasteiger partial charge in [0.1, 0.15) is 5.75 Å². The summed E-state index contributed by atoms with van der Waals surface area (Å²) in [5.41, 5.74) is 2.08. The van der Waals surface area contributed by atoms with Gasteiger partial charge in [0.2, 0.25) is 0 Å². The highest BCUT2D eigenvalue weighted by atomic mass is 35.5. The zero-order chi connectivity index (χ0) is 14.2. The molecule has 0 saturated heterocycles. The van der Waals surface area contributed by atoms with Gasteiger partial charge >= 0.3 is 0 Å². The summed E-state index contributed by atoms with van der Waals surface area (Å²) in [6.07, 6.45) is 0. The van der Waals surface area contributed by atoms with Gasteiger partial charge in [-0.2, -0.15) is 0 Å². The molecule has 3 nitrogen and oxygen atoms in total. The van der Waals surface area contributed by atoms with Crippen molar-refractivity contribution in [2.45, 2.75) is 6.92 Å². The third-order valence-electron chi connectivity index (χ3n) is 2.80. The van der Waals surface area contributed by atoms with Gasteiger partial charge in [0.05, 0.1) is 12.3 Å². The van der Waals surface area contributed by atoms with Crippen molar-refractivity contribution in [2.24, 2.45) is 0 Å². The summed E-state index contributed by atoms with van der Waals surface area (Å²) in [6.45, 7) is 4.29. The van der Waals surface area contributed by atoms with Gasteiger partial charge in [-0.05, 0) is 43.3 Å². The largest absolute Gasteiger partial charge is 0.492 e. The highest BCUT2D eigenvalue weighted by Gasteiger charge is 2.00. The summed E-state index contributed by atoms with van der Waals surface area (Å²) in [5, 5.41) is 7.45. The van der Waals surface area contributed by atoms with Crippen molar-refractivity contribution >= 4 is 23.0 Å². The molecule has 2 aromatic carbocycles. The average molecular weight is 291 g/mol. The Bertz CT molecular complexity index is 528. The molecule has 2 aromatic rings. The molecule has 0 radical (unpaired) electrons. The minimum atomic E-state index is 0.668. The molecule has 0 aliphatic heterocycles. The van der Waals surface area contributed by atoms with E-state index in [0.29, 0.717) is 6.61 Å². The first-order chi connectivity index (χ1) is 9.79. The van der Waals surface area contributed by atoms with Crippen LogP contribution in [0, 0.1) is 0 Å². The maximum absolute atomic E-state index is 5.85. The Morgan fingerprint density at radius 3 is 2.40 bits per heavy atom. The van der Waals surface area contributed by atoms with Crippen molar-refractivity contribution < 1.29 is 4.74 Å². The van der Waals surface area contributed by atoms with E-state index >= 15 is 0 Å². The van der Waals surface area contributed by atoms with Crippen molar-refractivity contribution in [3.05, 3.63) is 53.6 Å². The fraction of sp³-hybridized carbons (Fsp3) is 0.250. The maximum atomic E-state index is 5.85. The molecular weight excluding hydrogens is 272 g/mol. The quantitative estimate of drug-likeness (QED) is 0.748. The molecule has 4 heteroatoms. The molecule has 0 fully saturated rings. The Morgan fingerprint density at radius 2 is 1.65 bits per heavy atom. The number of rotatable bonds is 7. The van der Waals surface area contributed by atoms with Crippen LogP contribution in [0.1, 0.15) is 6.92 Å². The highest BCUT2D eigenvalue weighted by Crippen LogP contribution is 2.23. The summed E-state index contributed by atoms with van der Waals surface area (Å²) in [6, 6.07) is 15.7. The van der Waals surface area contributed by atoms with E-state index in [1.54, 1.807) is 0 Å². The number of ether oxygens (including phenoxy) is 1. The van der Waals surface area contributed by atoms with E-state index in [9.17, 15) is 0 Å². The first-order valence-electron chi connectivity index (χ1n) is 6.74. The van der Waals surface area contributed by atoms with Crippen LogP contribution >= 0.6 is 11.6 Å². The van der Waals surface area contributed by atoms with E-state index in [2.05, 4.69) is 10.6 Å². The number of anilines is 2. The number of nitrogens with one attached hydrogen (secondary N) is 2. The molecule has 106 valence electrons. The van der Waals surface area contributed by atoms with Gasteiger partial charge in [0, 0.05) is 23.8 Å². The fourth-order valence-electron chi connectivity index (χ4n) is 1.87. The minimum Gasteiger partial charge on any atom is -0.492 e. The third-order valence-corrected chi connectivity index (χ3v) is 3.05. The summed E-state index contributed by atoms with van der Waals surface area (Å²) in [7, 11) is 0. The number of halogens is 1. The zero-order valence-corrected chi connectivity index (χ0v) is 12.3. The predicted octanol–water partition coefficient (Wildman–Crippen LogP) is 4.26. The molecule has 0 saturated carbocycles. The normalized spacial score (nSPS) is 10.1. The molecule has 0 atom stereocenters. The smallest absolute Gasteiger partial charge is 0.142 e. The third kappa shape index (κ3) is 4.35. The van der Waals surface area contributed by atoms with Crippen molar-refractivity contribution in [1.29, 1.82) is 0 Å². The molecule has 0 heterocycles. The molecule has 0 aliphatic carbocycles. The van der Waals surface area contributed by atoms with E-state index in [4.69, 9.17) is 16.3 Å². The number of benzene rings is 2. The van der Waals surface area contributed by atoms with Crippen LogP contribution < -0.4 is 15.4 Å². The lowest BCUT2D eigenvalue weighted by Crippen LogP contribution is -2.14. The van der Waals surface area contributed by atoms with Gasteiger partial charge in [-0.25, -0.2) is 0 Å². The lowest BCUT2D eigenvalue weighted by Gasteiger charge is -2.13. The average Bonchev–Trinajstić information content (AvgIpc) is 2.47. The van der Waals surface area contributed by atoms with Gasteiger partial charge in [-0.1, -0.05) is 23.7 Å². The molecular formula is C16H19ClN2O. The second-order valence-corrected chi connectivity index (χ2v) is 4.73. The fourth-order valence-corrected chi connectivity index (χ4v) is 1.99. The first-order valence-corrected chi connectivity index (χ1v) is 7.12. The summed E-state index contributed by atoms with van der Waals surface area (Å²) in [5.74, 6) is 0.890. The monoisotopic (exact) mass is 290 g/mol. The Morgan fingerprint density at radius 1 is 0.950 bits per heavy atom. The summed E-state index contributed by atoms with van der Waals surface area (Å²) >= 11 is 5.85. The van der Waals surface area contributed by atoms with Gasteiger partial charge in [-0.3, -0.25) is 0 Å². The number of para-hydroxylation sites is 2. The topological polar surface area (TPSA) is 33.3 Å². The molecule has 0 aliphatic rings. The lowest BCUT2D eigenvalue weighted by atomic mass is 10.3. The maximum Gasteiger partial charge on any atom is 0.142 e. The van der Waals surface area contributed by atoms with E-state index < -0.39 is 0 Å².